The summed E-state index contributed by atoms with van der Waals surface area (Å²) >= 11 is 0. The number of fused-ring (bicyclic) bond motifs is 2. The van der Waals surface area contributed by atoms with Gasteiger partial charge in [-0.05, 0) is 61.0 Å². The molecule has 5 rings (SSSR count). The van der Waals surface area contributed by atoms with E-state index in [0.29, 0.717) is 29.3 Å². The zero-order valence-corrected chi connectivity index (χ0v) is 17.9. The highest BCUT2D eigenvalue weighted by atomic mass is 19.4. The molecule has 0 saturated heterocycles. The smallest absolute Gasteiger partial charge is 0.357 e. The van der Waals surface area contributed by atoms with Crippen LogP contribution in [0.1, 0.15) is 29.6 Å². The predicted octanol–water partition coefficient (Wildman–Crippen LogP) is 5.09. The molecule has 0 unspecified atom stereocenters. The molecule has 0 N–H and O–H groups in total. The van der Waals surface area contributed by atoms with Crippen molar-refractivity contribution >= 4 is 22.3 Å². The van der Waals surface area contributed by atoms with Crippen molar-refractivity contribution in [3.63, 3.8) is 0 Å². The van der Waals surface area contributed by atoms with E-state index < -0.39 is 11.7 Å². The normalized spacial score (nSPS) is 12.4. The Balaban J connectivity index is 1.39. The fraction of sp³-hybridized carbons (Fsp3) is 0.125. The molecule has 0 aliphatic heterocycles. The molecule has 0 saturated carbocycles. The summed E-state index contributed by atoms with van der Waals surface area (Å²) in [4.78, 5) is 9.55. The van der Waals surface area contributed by atoms with Crippen LogP contribution in [-0.4, -0.2) is 30.5 Å². The molecule has 7 nitrogen and oxygen atoms in total. The van der Waals surface area contributed by atoms with Crippen molar-refractivity contribution in [1.82, 2.24) is 24.8 Å². The Morgan fingerprint density at radius 1 is 1.00 bits per heavy atom. The van der Waals surface area contributed by atoms with Crippen LogP contribution in [0.2, 0.25) is 0 Å². The second-order valence-electron chi connectivity index (χ2n) is 7.61. The molecule has 0 spiro atoms. The number of halogens is 3. The third kappa shape index (κ3) is 4.42. The topological polar surface area (TPSA) is 77.6 Å². The Morgan fingerprint density at radius 3 is 2.74 bits per heavy atom. The third-order valence-electron chi connectivity index (χ3n) is 5.18. The molecule has 0 aliphatic rings. The minimum atomic E-state index is -4.46. The van der Waals surface area contributed by atoms with Crippen molar-refractivity contribution in [2.75, 3.05) is 0 Å². The zero-order valence-electron chi connectivity index (χ0n) is 17.9. The largest absolute Gasteiger partial charge is 0.416 e. The lowest BCUT2D eigenvalue weighted by molar-refractivity contribution is -0.137. The molecular formula is C24H17F3N6O. The summed E-state index contributed by atoms with van der Waals surface area (Å²) in [5.74, 6) is 0.609. The number of nitrogens with zero attached hydrogens (tertiary/aromatic N) is 6. The van der Waals surface area contributed by atoms with Crippen LogP contribution in [0.25, 0.3) is 16.6 Å². The van der Waals surface area contributed by atoms with E-state index in [4.69, 9.17) is 4.84 Å². The molecule has 0 amide bonds. The first-order valence-electron chi connectivity index (χ1n) is 10.3. The van der Waals surface area contributed by atoms with Gasteiger partial charge in [-0.15, -0.1) is 10.2 Å². The van der Waals surface area contributed by atoms with Crippen LogP contribution >= 0.6 is 0 Å². The maximum Gasteiger partial charge on any atom is 0.416 e. The van der Waals surface area contributed by atoms with Crippen molar-refractivity contribution in [3.8, 4) is 5.75 Å². The fourth-order valence-electron chi connectivity index (χ4n) is 3.45. The van der Waals surface area contributed by atoms with Crippen molar-refractivity contribution in [3.05, 3.63) is 95.6 Å². The summed E-state index contributed by atoms with van der Waals surface area (Å²) in [5, 5.41) is 17.9. The van der Waals surface area contributed by atoms with Crippen LogP contribution in [-0.2, 0) is 12.6 Å². The molecule has 2 aromatic carbocycles. The molecule has 3 aromatic heterocycles. The summed E-state index contributed by atoms with van der Waals surface area (Å²) in [6.07, 6.45) is -2.21. The van der Waals surface area contributed by atoms with Gasteiger partial charge < -0.3 is 4.84 Å². The van der Waals surface area contributed by atoms with Crippen molar-refractivity contribution in [1.29, 1.82) is 0 Å². The van der Waals surface area contributed by atoms with Gasteiger partial charge in [-0.3, -0.25) is 4.98 Å². The van der Waals surface area contributed by atoms with Gasteiger partial charge in [-0.1, -0.05) is 23.4 Å². The lowest BCUT2D eigenvalue weighted by Gasteiger charge is -2.08. The fourth-order valence-corrected chi connectivity index (χ4v) is 3.45. The SMILES string of the molecule is CC(=NOc1cccc(C(F)(F)F)c1)c1ccc2nnc(Cc3ccc4ncccc4c3)n2n1. The van der Waals surface area contributed by atoms with Crippen LogP contribution < -0.4 is 4.84 Å². The molecule has 0 atom stereocenters. The summed E-state index contributed by atoms with van der Waals surface area (Å²) < 4.78 is 40.3. The average molecular weight is 462 g/mol. The number of hydrogen-bond donors (Lipinski definition) is 0. The Kier molecular flexibility index (Phi) is 5.40. The number of hydrogen-bond acceptors (Lipinski definition) is 6. The van der Waals surface area contributed by atoms with Crippen molar-refractivity contribution in [2.24, 2.45) is 5.16 Å². The number of oxime groups is 1. The highest BCUT2D eigenvalue weighted by molar-refractivity contribution is 5.96. The second-order valence-corrected chi connectivity index (χ2v) is 7.61. The Hall–Kier alpha value is -4.34. The number of alkyl halides is 3. The first-order valence-corrected chi connectivity index (χ1v) is 10.3. The highest BCUT2D eigenvalue weighted by Crippen LogP contribution is 2.31. The first kappa shape index (κ1) is 21.5. The number of pyridine rings is 1. The molecule has 34 heavy (non-hydrogen) atoms. The van der Waals surface area contributed by atoms with Crippen LogP contribution in [0.4, 0.5) is 13.2 Å². The molecular weight excluding hydrogens is 445 g/mol. The van der Waals surface area contributed by atoms with E-state index in [2.05, 4.69) is 25.4 Å². The van der Waals surface area contributed by atoms with E-state index in [9.17, 15) is 13.2 Å². The predicted molar refractivity (Wildman–Crippen MR) is 120 cm³/mol. The van der Waals surface area contributed by atoms with E-state index in [1.807, 2.05) is 30.3 Å². The minimum Gasteiger partial charge on any atom is -0.357 e. The minimum absolute atomic E-state index is 0.0222. The van der Waals surface area contributed by atoms with E-state index in [0.717, 1.165) is 28.6 Å². The monoisotopic (exact) mass is 462 g/mol. The van der Waals surface area contributed by atoms with Gasteiger partial charge in [0, 0.05) is 18.0 Å². The summed E-state index contributed by atoms with van der Waals surface area (Å²) in [6.45, 7) is 1.65. The van der Waals surface area contributed by atoms with Gasteiger partial charge in [-0.25, -0.2) is 0 Å². The Morgan fingerprint density at radius 2 is 1.88 bits per heavy atom. The zero-order chi connectivity index (χ0) is 23.7. The third-order valence-corrected chi connectivity index (χ3v) is 5.18. The van der Waals surface area contributed by atoms with E-state index in [1.165, 1.54) is 12.1 Å². The molecule has 170 valence electrons. The van der Waals surface area contributed by atoms with Gasteiger partial charge in [-0.2, -0.15) is 22.8 Å². The standard InChI is InChI=1S/C24H17F3N6O/c1-15(32-34-19-6-2-5-18(14-19)24(25,26)27)20-9-10-22-29-30-23(33(22)31-20)13-16-7-8-21-17(12-16)4-3-11-28-21/h2-12,14H,13H2,1H3. The van der Waals surface area contributed by atoms with Gasteiger partial charge >= 0.3 is 6.18 Å². The molecule has 0 bridgehead atoms. The lowest BCUT2D eigenvalue weighted by atomic mass is 10.1. The molecule has 10 heteroatoms. The number of benzene rings is 2. The first-order chi connectivity index (χ1) is 16.4. The summed E-state index contributed by atoms with van der Waals surface area (Å²) in [5.41, 5.74) is 2.55. The molecule has 0 fully saturated rings. The maximum absolute atomic E-state index is 12.9. The van der Waals surface area contributed by atoms with Gasteiger partial charge in [0.25, 0.3) is 0 Å². The quantitative estimate of drug-likeness (QED) is 0.269. The molecule has 0 radical (unpaired) electrons. The van der Waals surface area contributed by atoms with Crippen LogP contribution in [0.3, 0.4) is 0 Å². The van der Waals surface area contributed by atoms with Gasteiger partial charge in [0.1, 0.15) is 11.4 Å². The van der Waals surface area contributed by atoms with E-state index in [-0.39, 0.29) is 5.75 Å². The molecule has 0 aliphatic carbocycles. The molecule has 5 aromatic rings. The second kappa shape index (κ2) is 8.54. The van der Waals surface area contributed by atoms with Crippen LogP contribution in [0, 0.1) is 0 Å². The van der Waals surface area contributed by atoms with Crippen molar-refractivity contribution < 1.29 is 18.0 Å². The van der Waals surface area contributed by atoms with Crippen LogP contribution in [0.5, 0.6) is 5.75 Å². The number of aromatic nitrogens is 5. The Labute approximate surface area is 191 Å². The van der Waals surface area contributed by atoms with E-state index in [1.54, 1.807) is 29.8 Å². The highest BCUT2D eigenvalue weighted by Gasteiger charge is 2.30. The van der Waals surface area contributed by atoms with Crippen molar-refractivity contribution in [2.45, 2.75) is 19.5 Å². The maximum atomic E-state index is 12.9. The van der Waals surface area contributed by atoms with Crippen LogP contribution in [0.15, 0.2) is 78.1 Å². The van der Waals surface area contributed by atoms with E-state index >= 15 is 0 Å². The van der Waals surface area contributed by atoms with Gasteiger partial charge in [0.2, 0.25) is 0 Å². The molecule has 3 heterocycles. The average Bonchev–Trinajstić information content (AvgIpc) is 3.24. The Bertz CT molecular complexity index is 1530. The van der Waals surface area contributed by atoms with Gasteiger partial charge in [0.05, 0.1) is 11.1 Å². The summed E-state index contributed by atoms with van der Waals surface area (Å²) in [6, 6.07) is 17.8. The van der Waals surface area contributed by atoms with Gasteiger partial charge in [0.15, 0.2) is 17.2 Å². The lowest BCUT2D eigenvalue weighted by Crippen LogP contribution is -2.08. The number of rotatable bonds is 5. The summed E-state index contributed by atoms with van der Waals surface area (Å²) in [7, 11) is 0.